The molecule has 0 spiro atoms. The fourth-order valence-electron chi connectivity index (χ4n) is 5.41. The lowest BCUT2D eigenvalue weighted by Crippen LogP contribution is -2.13. The molecule has 0 aliphatic heterocycles. The molecule has 0 bridgehead atoms. The van der Waals surface area contributed by atoms with Crippen molar-refractivity contribution in [3.05, 3.63) is 66.0 Å². The van der Waals surface area contributed by atoms with E-state index in [1.54, 1.807) is 12.1 Å². The van der Waals surface area contributed by atoms with Crippen molar-refractivity contribution in [3.63, 3.8) is 0 Å². The maximum atomic E-state index is 14.5. The van der Waals surface area contributed by atoms with Crippen molar-refractivity contribution in [2.45, 2.75) is 83.7 Å². The van der Waals surface area contributed by atoms with Gasteiger partial charge in [-0.15, -0.1) is 0 Å². The average molecular weight is 469 g/mol. The molecule has 1 aliphatic rings. The molecule has 0 aromatic heterocycles. The zero-order chi connectivity index (χ0) is 23.9. The number of alkyl halides is 2. The first-order valence-electron chi connectivity index (χ1n) is 12.8. The van der Waals surface area contributed by atoms with Gasteiger partial charge in [-0.1, -0.05) is 87.9 Å². The molecule has 0 saturated heterocycles. The van der Waals surface area contributed by atoms with E-state index >= 15 is 0 Å². The van der Waals surface area contributed by atoms with E-state index in [1.807, 2.05) is 12.1 Å². The van der Waals surface area contributed by atoms with Gasteiger partial charge in [-0.25, -0.2) is 4.39 Å². The van der Waals surface area contributed by atoms with Crippen molar-refractivity contribution in [2.24, 2.45) is 5.92 Å². The molecule has 3 aromatic rings. The predicted octanol–water partition coefficient (Wildman–Crippen LogP) is 9.88. The van der Waals surface area contributed by atoms with Gasteiger partial charge in [0.2, 0.25) is 0 Å². The molecule has 0 N–H and O–H groups in total. The van der Waals surface area contributed by atoms with Gasteiger partial charge in [0.25, 0.3) is 0 Å². The molecule has 34 heavy (non-hydrogen) atoms. The molecule has 1 fully saturated rings. The summed E-state index contributed by atoms with van der Waals surface area (Å²) in [7, 11) is 0. The number of halogens is 3. The topological polar surface area (TPSA) is 9.23 Å². The molecule has 4 rings (SSSR count). The third-order valence-corrected chi connectivity index (χ3v) is 7.41. The normalized spacial score (nSPS) is 18.5. The third-order valence-electron chi connectivity index (χ3n) is 7.41. The van der Waals surface area contributed by atoms with Gasteiger partial charge in [0.1, 0.15) is 0 Å². The van der Waals surface area contributed by atoms with Gasteiger partial charge < -0.3 is 4.74 Å². The van der Waals surface area contributed by atoms with Crippen molar-refractivity contribution in [2.75, 3.05) is 0 Å². The molecular weight excluding hydrogens is 433 g/mol. The number of ether oxygens (including phenoxy) is 1. The number of hydrogen-bond donors (Lipinski definition) is 0. The maximum Gasteiger partial charge on any atom is 0.387 e. The van der Waals surface area contributed by atoms with Crippen LogP contribution in [0.5, 0.6) is 5.75 Å². The first-order valence-corrected chi connectivity index (χ1v) is 12.8. The Kier molecular flexibility index (Phi) is 8.53. The Balaban J connectivity index is 1.36. The molecule has 0 radical (unpaired) electrons. The lowest BCUT2D eigenvalue weighted by molar-refractivity contribution is -0.0520. The summed E-state index contributed by atoms with van der Waals surface area (Å²) < 4.78 is 43.7. The van der Waals surface area contributed by atoms with Crippen LogP contribution in [0.3, 0.4) is 0 Å². The highest BCUT2D eigenvalue weighted by Crippen LogP contribution is 2.38. The number of benzene rings is 3. The van der Waals surface area contributed by atoms with E-state index in [-0.39, 0.29) is 5.39 Å². The molecule has 0 unspecified atom stereocenters. The Labute approximate surface area is 201 Å². The van der Waals surface area contributed by atoms with Crippen LogP contribution in [0.25, 0.3) is 21.9 Å². The van der Waals surface area contributed by atoms with Gasteiger partial charge in [0, 0.05) is 5.39 Å². The summed E-state index contributed by atoms with van der Waals surface area (Å²) in [6.07, 6.45) is 13.5. The summed E-state index contributed by atoms with van der Waals surface area (Å²) in [5.41, 5.74) is 3.46. The van der Waals surface area contributed by atoms with E-state index in [9.17, 15) is 13.2 Å². The van der Waals surface area contributed by atoms with E-state index in [1.165, 1.54) is 75.8 Å². The third kappa shape index (κ3) is 6.14. The van der Waals surface area contributed by atoms with Crippen molar-refractivity contribution >= 4 is 10.8 Å². The summed E-state index contributed by atoms with van der Waals surface area (Å²) in [6, 6.07) is 17.0. The summed E-state index contributed by atoms with van der Waals surface area (Å²) in [5.74, 6) is 0.369. The van der Waals surface area contributed by atoms with Crippen LogP contribution in [0.1, 0.15) is 82.6 Å². The van der Waals surface area contributed by atoms with Crippen LogP contribution in [0, 0.1) is 11.7 Å². The van der Waals surface area contributed by atoms with E-state index < -0.39 is 18.2 Å². The minimum absolute atomic E-state index is 0.278. The SMILES string of the molecule is CCCCCCCC1CCC(c2ccc(-c3ccc4c(F)c(OC(F)F)ccc4c3)cc2)CC1. The Hall–Kier alpha value is -2.49. The van der Waals surface area contributed by atoms with Crippen LogP contribution in [-0.2, 0) is 0 Å². The summed E-state index contributed by atoms with van der Waals surface area (Å²) in [5, 5.41) is 0.939. The first-order chi connectivity index (χ1) is 16.5. The Morgan fingerprint density at radius 2 is 1.53 bits per heavy atom. The number of unbranched alkanes of at least 4 members (excludes halogenated alkanes) is 4. The number of fused-ring (bicyclic) bond motifs is 1. The van der Waals surface area contributed by atoms with Crippen LogP contribution in [0.4, 0.5) is 13.2 Å². The Morgan fingerprint density at radius 3 is 2.24 bits per heavy atom. The van der Waals surface area contributed by atoms with Crippen molar-refractivity contribution in [1.29, 1.82) is 0 Å². The molecule has 1 saturated carbocycles. The number of rotatable bonds is 10. The Bertz CT molecular complexity index is 1050. The van der Waals surface area contributed by atoms with E-state index in [0.717, 1.165) is 17.0 Å². The van der Waals surface area contributed by atoms with E-state index in [0.29, 0.717) is 11.3 Å². The zero-order valence-corrected chi connectivity index (χ0v) is 20.0. The second-order valence-electron chi connectivity index (χ2n) is 9.73. The highest BCUT2D eigenvalue weighted by molar-refractivity contribution is 5.89. The van der Waals surface area contributed by atoms with Gasteiger partial charge in [0.05, 0.1) is 0 Å². The van der Waals surface area contributed by atoms with Gasteiger partial charge >= 0.3 is 6.61 Å². The maximum absolute atomic E-state index is 14.5. The summed E-state index contributed by atoms with van der Waals surface area (Å²) in [6.45, 7) is -0.779. The minimum Gasteiger partial charge on any atom is -0.432 e. The highest BCUT2D eigenvalue weighted by atomic mass is 19.3. The van der Waals surface area contributed by atoms with Crippen molar-refractivity contribution < 1.29 is 17.9 Å². The minimum atomic E-state index is -3.05. The molecular formula is C30H35F3O. The lowest BCUT2D eigenvalue weighted by atomic mass is 9.77. The van der Waals surface area contributed by atoms with Gasteiger partial charge in [-0.05, 0) is 71.7 Å². The van der Waals surface area contributed by atoms with Crippen LogP contribution in [0.2, 0.25) is 0 Å². The van der Waals surface area contributed by atoms with Crippen LogP contribution >= 0.6 is 0 Å². The van der Waals surface area contributed by atoms with Gasteiger partial charge in [0.15, 0.2) is 11.6 Å². The van der Waals surface area contributed by atoms with Crippen molar-refractivity contribution in [3.8, 4) is 16.9 Å². The fourth-order valence-corrected chi connectivity index (χ4v) is 5.41. The molecule has 1 nitrogen and oxygen atoms in total. The zero-order valence-electron chi connectivity index (χ0n) is 20.0. The van der Waals surface area contributed by atoms with Crippen LogP contribution < -0.4 is 4.74 Å². The fraction of sp³-hybridized carbons (Fsp3) is 0.467. The molecule has 1 aliphatic carbocycles. The molecule has 0 amide bonds. The molecule has 3 aromatic carbocycles. The number of hydrogen-bond acceptors (Lipinski definition) is 1. The smallest absolute Gasteiger partial charge is 0.387 e. The molecule has 4 heteroatoms. The second-order valence-corrected chi connectivity index (χ2v) is 9.73. The summed E-state index contributed by atoms with van der Waals surface area (Å²) in [4.78, 5) is 0. The lowest BCUT2D eigenvalue weighted by Gasteiger charge is -2.29. The van der Waals surface area contributed by atoms with E-state index in [4.69, 9.17) is 0 Å². The monoisotopic (exact) mass is 468 g/mol. The van der Waals surface area contributed by atoms with Crippen LogP contribution in [0.15, 0.2) is 54.6 Å². The van der Waals surface area contributed by atoms with Gasteiger partial charge in [-0.2, -0.15) is 8.78 Å². The predicted molar refractivity (Wildman–Crippen MR) is 134 cm³/mol. The molecule has 0 atom stereocenters. The largest absolute Gasteiger partial charge is 0.432 e. The molecule has 182 valence electrons. The second kappa shape index (κ2) is 11.8. The first kappa shape index (κ1) is 24.6. The molecule has 0 heterocycles. The Morgan fingerprint density at radius 1 is 0.824 bits per heavy atom. The quantitative estimate of drug-likeness (QED) is 0.269. The standard InChI is InChI=1S/C30H35F3O/c1-2-3-4-5-6-7-21-8-10-22(11-9-21)23-12-14-24(15-13-23)25-16-18-27-26(20-25)17-19-28(29(27)31)34-30(32)33/h12-22,30H,2-11H2,1H3. The highest BCUT2D eigenvalue weighted by Gasteiger charge is 2.22. The van der Waals surface area contributed by atoms with Gasteiger partial charge in [-0.3, -0.25) is 0 Å². The van der Waals surface area contributed by atoms with Crippen LogP contribution in [-0.4, -0.2) is 6.61 Å². The van der Waals surface area contributed by atoms with Crippen molar-refractivity contribution in [1.82, 2.24) is 0 Å². The average Bonchev–Trinajstić information content (AvgIpc) is 2.86. The summed E-state index contributed by atoms with van der Waals surface area (Å²) >= 11 is 0. The van der Waals surface area contributed by atoms with E-state index in [2.05, 4.69) is 35.9 Å².